The van der Waals surface area contributed by atoms with E-state index in [1.54, 1.807) is 36.4 Å². The first-order valence-corrected chi connectivity index (χ1v) is 12.4. The third kappa shape index (κ3) is 6.71. The molecule has 0 saturated carbocycles. The minimum atomic E-state index is -1.00. The minimum Gasteiger partial charge on any atom is -0.408 e. The molecule has 2 heterocycles. The van der Waals surface area contributed by atoms with Gasteiger partial charge in [-0.2, -0.15) is 10.2 Å². The van der Waals surface area contributed by atoms with E-state index in [0.29, 0.717) is 49.9 Å². The number of rotatable bonds is 7. The van der Waals surface area contributed by atoms with Gasteiger partial charge >= 0.3 is 5.76 Å². The van der Waals surface area contributed by atoms with E-state index in [2.05, 4.69) is 26.6 Å². The van der Waals surface area contributed by atoms with Crippen LogP contribution in [0.4, 0.5) is 10.2 Å². The van der Waals surface area contributed by atoms with Gasteiger partial charge in [0, 0.05) is 19.6 Å². The van der Waals surface area contributed by atoms with Gasteiger partial charge in [-0.1, -0.05) is 45.0 Å². The molecule has 1 aromatic heterocycles. The van der Waals surface area contributed by atoms with E-state index < -0.39 is 17.3 Å². The van der Waals surface area contributed by atoms with E-state index in [1.165, 1.54) is 12.1 Å². The van der Waals surface area contributed by atoms with Crippen LogP contribution in [0.2, 0.25) is 0 Å². The van der Waals surface area contributed by atoms with Crippen LogP contribution in [0.25, 0.3) is 11.0 Å². The molecule has 1 saturated heterocycles. The predicted octanol–water partition coefficient (Wildman–Crippen LogP) is 4.22. The summed E-state index contributed by atoms with van der Waals surface area (Å²) in [6.07, 6.45) is 1.39. The highest BCUT2D eigenvalue weighted by Crippen LogP contribution is 2.28. The molecule has 4 rings (SSSR count). The normalized spacial score (nSPS) is 16.6. The zero-order chi connectivity index (χ0) is 26.6. The number of anilines is 1. The molecule has 37 heavy (non-hydrogen) atoms. The lowest BCUT2D eigenvalue weighted by atomic mass is 9.85. The van der Waals surface area contributed by atoms with Gasteiger partial charge in [0.1, 0.15) is 28.8 Å². The molecule has 1 aliphatic rings. The number of carbonyl (C=O) groups is 1. The third-order valence-electron chi connectivity index (χ3n) is 6.59. The van der Waals surface area contributed by atoms with Gasteiger partial charge in [-0.25, -0.2) is 9.18 Å². The second-order valence-electron chi connectivity index (χ2n) is 10.9. The lowest BCUT2D eigenvalue weighted by Crippen LogP contribution is -2.57. The van der Waals surface area contributed by atoms with Gasteiger partial charge in [0.25, 0.3) is 0 Å². The molecule has 2 N–H and O–H groups in total. The van der Waals surface area contributed by atoms with Gasteiger partial charge < -0.3 is 15.1 Å². The summed E-state index contributed by atoms with van der Waals surface area (Å²) in [5.41, 5.74) is 0.153. The summed E-state index contributed by atoms with van der Waals surface area (Å²) in [5.74, 6) is -1.07. The van der Waals surface area contributed by atoms with Gasteiger partial charge in [-0.05, 0) is 54.5 Å². The van der Waals surface area contributed by atoms with Crippen LogP contribution in [0.3, 0.4) is 0 Å². The number of nitrogens with zero attached hydrogens (tertiary/aromatic N) is 3. The molecule has 1 atom stereocenters. The summed E-state index contributed by atoms with van der Waals surface area (Å²) < 4.78 is 18.4. The summed E-state index contributed by atoms with van der Waals surface area (Å²) in [6, 6.07) is 15.0. The van der Waals surface area contributed by atoms with Crippen LogP contribution in [-0.4, -0.2) is 40.5 Å². The molecule has 0 radical (unpaired) electrons. The fourth-order valence-electron chi connectivity index (χ4n) is 4.64. The van der Waals surface area contributed by atoms with Crippen LogP contribution in [0.15, 0.2) is 57.7 Å². The molecule has 1 fully saturated rings. The number of amides is 1. The summed E-state index contributed by atoms with van der Waals surface area (Å²) in [5, 5.41) is 16.8. The van der Waals surface area contributed by atoms with Gasteiger partial charge in [-0.3, -0.25) is 9.69 Å². The maximum Gasteiger partial charge on any atom is 0.441 e. The summed E-state index contributed by atoms with van der Waals surface area (Å²) in [6.45, 7) is 7.96. The molecule has 0 spiro atoms. The van der Waals surface area contributed by atoms with Crippen molar-refractivity contribution >= 4 is 22.7 Å². The summed E-state index contributed by atoms with van der Waals surface area (Å²) in [7, 11) is 0. The van der Waals surface area contributed by atoms with Crippen molar-refractivity contribution in [1.82, 2.24) is 15.2 Å². The lowest BCUT2D eigenvalue weighted by molar-refractivity contribution is -0.124. The number of fused-ring (bicyclic) bond motifs is 1. The number of benzene rings is 2. The van der Waals surface area contributed by atoms with Crippen molar-refractivity contribution in [3.05, 3.63) is 70.5 Å². The molecule has 1 amide bonds. The average Bonchev–Trinajstić information content (AvgIpc) is 2.85. The third-order valence-corrected chi connectivity index (χ3v) is 6.59. The molecule has 9 heteroatoms. The summed E-state index contributed by atoms with van der Waals surface area (Å²) in [4.78, 5) is 31.8. The predicted molar refractivity (Wildman–Crippen MR) is 139 cm³/mol. The Morgan fingerprint density at radius 3 is 2.51 bits per heavy atom. The van der Waals surface area contributed by atoms with Crippen LogP contribution in [0.5, 0.6) is 0 Å². The number of hydrogen-bond acceptors (Lipinski definition) is 7. The highest BCUT2D eigenvalue weighted by Gasteiger charge is 2.38. The number of nitrogens with one attached hydrogen (secondary N) is 2. The van der Waals surface area contributed by atoms with Crippen LogP contribution >= 0.6 is 0 Å². The molecule has 0 aliphatic carbocycles. The van der Waals surface area contributed by atoms with Crippen LogP contribution in [0, 0.1) is 22.6 Å². The van der Waals surface area contributed by atoms with Crippen molar-refractivity contribution < 1.29 is 13.6 Å². The minimum absolute atomic E-state index is 0.220. The quantitative estimate of drug-likeness (QED) is 0.495. The number of likely N-dealkylation sites (tertiary alicyclic amines) is 1. The molecular formula is C28H32FN5O3. The number of halogens is 1. The zero-order valence-electron chi connectivity index (χ0n) is 21.4. The highest BCUT2D eigenvalue weighted by molar-refractivity contribution is 5.91. The van der Waals surface area contributed by atoms with Crippen LogP contribution in [0.1, 0.15) is 45.6 Å². The Morgan fingerprint density at radius 2 is 1.86 bits per heavy atom. The van der Waals surface area contributed by atoms with Gasteiger partial charge in [0.15, 0.2) is 0 Å². The number of piperidine rings is 1. The first-order valence-electron chi connectivity index (χ1n) is 12.4. The standard InChI is InChI=1S/C28H32FN5O3/c1-27(2,3)16-22(31-24-21-6-4-5-7-23(21)37-26(36)32-24)25(35)33-28(18-30)12-14-34(15-13-28)17-19-8-10-20(29)11-9-19/h4-11,22H,12-17H2,1-3H3,(H,33,35)(H,31,32,36)/t22-/m0/s1. The van der Waals surface area contributed by atoms with Gasteiger partial charge in [-0.15, -0.1) is 0 Å². The number of hydrogen-bond donors (Lipinski definition) is 2. The molecule has 3 aromatic rings. The zero-order valence-corrected chi connectivity index (χ0v) is 21.4. The highest BCUT2D eigenvalue weighted by atomic mass is 19.1. The first-order chi connectivity index (χ1) is 17.6. The lowest BCUT2D eigenvalue weighted by Gasteiger charge is -2.39. The van der Waals surface area contributed by atoms with Crippen LogP contribution < -0.4 is 16.4 Å². The fourth-order valence-corrected chi connectivity index (χ4v) is 4.64. The molecule has 2 aromatic carbocycles. The monoisotopic (exact) mass is 505 g/mol. The molecule has 1 aliphatic heterocycles. The Balaban J connectivity index is 1.49. The second-order valence-corrected chi connectivity index (χ2v) is 10.9. The Morgan fingerprint density at radius 1 is 1.19 bits per heavy atom. The number of aromatic nitrogens is 1. The summed E-state index contributed by atoms with van der Waals surface area (Å²) >= 11 is 0. The SMILES string of the molecule is CC(C)(C)C[C@H](Nc1nc(=O)oc2ccccc12)C(=O)NC1(C#N)CCN(Cc2ccc(F)cc2)CC1. The van der Waals surface area contributed by atoms with E-state index in [0.717, 1.165) is 5.56 Å². The van der Waals surface area contributed by atoms with Crippen molar-refractivity contribution in [2.24, 2.45) is 5.41 Å². The maximum atomic E-state index is 13.6. The van der Waals surface area contributed by atoms with Crippen molar-refractivity contribution in [2.45, 2.75) is 58.2 Å². The van der Waals surface area contributed by atoms with Gasteiger partial charge in [0.2, 0.25) is 5.91 Å². The largest absolute Gasteiger partial charge is 0.441 e. The van der Waals surface area contributed by atoms with Crippen molar-refractivity contribution in [3.63, 3.8) is 0 Å². The van der Waals surface area contributed by atoms with E-state index in [4.69, 9.17) is 4.42 Å². The number of para-hydroxylation sites is 1. The molecule has 194 valence electrons. The Bertz CT molecular complexity index is 1350. The van der Waals surface area contributed by atoms with E-state index in [1.807, 2.05) is 20.8 Å². The second kappa shape index (κ2) is 10.7. The smallest absolute Gasteiger partial charge is 0.408 e. The Hall–Kier alpha value is -3.77. The van der Waals surface area contributed by atoms with E-state index in [9.17, 15) is 19.2 Å². The molecular weight excluding hydrogens is 473 g/mol. The topological polar surface area (TPSA) is 111 Å². The Labute approximate surface area is 215 Å². The number of nitriles is 1. The molecule has 0 bridgehead atoms. The van der Waals surface area contributed by atoms with E-state index in [-0.39, 0.29) is 23.0 Å². The van der Waals surface area contributed by atoms with Crippen LogP contribution in [-0.2, 0) is 11.3 Å². The maximum absolute atomic E-state index is 13.6. The number of carbonyl (C=O) groups excluding carboxylic acids is 1. The first kappa shape index (κ1) is 26.3. The molecule has 0 unspecified atom stereocenters. The van der Waals surface area contributed by atoms with Gasteiger partial charge in [0.05, 0.1) is 11.5 Å². The van der Waals surface area contributed by atoms with Crippen molar-refractivity contribution in [2.75, 3.05) is 18.4 Å². The van der Waals surface area contributed by atoms with Crippen molar-refractivity contribution in [3.8, 4) is 6.07 Å². The van der Waals surface area contributed by atoms with E-state index >= 15 is 0 Å². The molecule has 8 nitrogen and oxygen atoms in total. The van der Waals surface area contributed by atoms with Crippen molar-refractivity contribution in [1.29, 1.82) is 5.26 Å². The average molecular weight is 506 g/mol. The Kier molecular flexibility index (Phi) is 7.60. The fraction of sp³-hybridized carbons (Fsp3) is 0.429.